The van der Waals surface area contributed by atoms with Gasteiger partial charge in [-0.15, -0.1) is 0 Å². The van der Waals surface area contributed by atoms with Gasteiger partial charge in [0.25, 0.3) is 5.91 Å². The largest absolute Gasteiger partial charge is 0.339 e. The molecule has 2 aromatic carbocycles. The fourth-order valence-corrected chi connectivity index (χ4v) is 3.82. The van der Waals surface area contributed by atoms with Gasteiger partial charge in [-0.3, -0.25) is 4.79 Å². The lowest BCUT2D eigenvalue weighted by Gasteiger charge is -2.22. The highest BCUT2D eigenvalue weighted by Gasteiger charge is 2.20. The molecule has 1 N–H and O–H groups in total. The summed E-state index contributed by atoms with van der Waals surface area (Å²) < 4.78 is 27.9. The second-order valence-electron chi connectivity index (χ2n) is 6.53. The highest BCUT2D eigenvalue weighted by molar-refractivity contribution is 7.89. The Morgan fingerprint density at radius 2 is 1.78 bits per heavy atom. The number of amides is 1. The van der Waals surface area contributed by atoms with Crippen LogP contribution in [0, 0.1) is 6.92 Å². The van der Waals surface area contributed by atoms with E-state index in [1.165, 1.54) is 6.07 Å². The van der Waals surface area contributed by atoms with E-state index in [0.29, 0.717) is 18.7 Å². The predicted molar refractivity (Wildman–Crippen MR) is 108 cm³/mol. The van der Waals surface area contributed by atoms with Gasteiger partial charge < -0.3 is 4.90 Å². The number of carbonyl (C=O) groups excluding carboxylic acids is 1. The number of rotatable bonds is 9. The zero-order valence-corrected chi connectivity index (χ0v) is 17.1. The molecule has 0 fully saturated rings. The van der Waals surface area contributed by atoms with E-state index in [1.54, 1.807) is 17.0 Å². The van der Waals surface area contributed by atoms with E-state index >= 15 is 0 Å². The molecule has 0 spiro atoms. The number of sulfonamides is 1. The first-order valence-corrected chi connectivity index (χ1v) is 10.8. The molecule has 2 rings (SSSR count). The molecule has 0 saturated carbocycles. The Morgan fingerprint density at radius 1 is 1.07 bits per heavy atom. The number of carbonyl (C=O) groups is 1. The monoisotopic (exact) mass is 388 g/mol. The van der Waals surface area contributed by atoms with Crippen molar-refractivity contribution in [3.63, 3.8) is 0 Å². The molecule has 6 heteroatoms. The van der Waals surface area contributed by atoms with Crippen LogP contribution in [-0.4, -0.2) is 32.3 Å². The van der Waals surface area contributed by atoms with Crippen LogP contribution in [0.1, 0.15) is 48.2 Å². The molecule has 2 aromatic rings. The number of aryl methyl sites for hydroxylation is 1. The molecule has 0 aliphatic rings. The number of benzene rings is 2. The molecule has 0 unspecified atom stereocenters. The van der Waals surface area contributed by atoms with Gasteiger partial charge in [0.05, 0.1) is 4.90 Å². The van der Waals surface area contributed by atoms with Crippen LogP contribution in [0.3, 0.4) is 0 Å². The third-order valence-corrected chi connectivity index (χ3v) is 5.91. The highest BCUT2D eigenvalue weighted by Crippen LogP contribution is 2.18. The number of unbranched alkanes of at least 4 members (excludes halogenated alkanes) is 1. The second-order valence-corrected chi connectivity index (χ2v) is 8.29. The maximum absolute atomic E-state index is 12.9. The molecule has 0 aliphatic heterocycles. The van der Waals surface area contributed by atoms with Crippen LogP contribution in [0.2, 0.25) is 0 Å². The zero-order valence-electron chi connectivity index (χ0n) is 16.2. The average Bonchev–Trinajstić information content (AvgIpc) is 2.68. The van der Waals surface area contributed by atoms with Gasteiger partial charge in [-0.05, 0) is 43.5 Å². The summed E-state index contributed by atoms with van der Waals surface area (Å²) in [6.45, 7) is 7.32. The Morgan fingerprint density at radius 3 is 2.41 bits per heavy atom. The van der Waals surface area contributed by atoms with Crippen molar-refractivity contribution in [1.29, 1.82) is 0 Å². The molecule has 0 aliphatic carbocycles. The molecule has 1 amide bonds. The summed E-state index contributed by atoms with van der Waals surface area (Å²) in [7, 11) is -3.70. The summed E-state index contributed by atoms with van der Waals surface area (Å²) in [5.74, 6) is -0.122. The van der Waals surface area contributed by atoms with Crippen LogP contribution < -0.4 is 4.72 Å². The number of nitrogens with one attached hydrogen (secondary N) is 1. The molecule has 5 nitrogen and oxygen atoms in total. The van der Waals surface area contributed by atoms with E-state index in [9.17, 15) is 13.2 Å². The number of hydrogen-bond acceptors (Lipinski definition) is 3. The van der Waals surface area contributed by atoms with Crippen molar-refractivity contribution in [2.75, 3.05) is 13.1 Å². The van der Waals surface area contributed by atoms with Gasteiger partial charge in [0, 0.05) is 25.2 Å². The molecule has 27 heavy (non-hydrogen) atoms. The maximum Gasteiger partial charge on any atom is 0.254 e. The van der Waals surface area contributed by atoms with Gasteiger partial charge >= 0.3 is 0 Å². The van der Waals surface area contributed by atoms with Gasteiger partial charge in [-0.25, -0.2) is 13.1 Å². The number of hydrogen-bond donors (Lipinski definition) is 1. The molecular weight excluding hydrogens is 360 g/mol. The molecule has 0 saturated heterocycles. The van der Waals surface area contributed by atoms with E-state index < -0.39 is 10.0 Å². The Bertz CT molecular complexity index is 864. The van der Waals surface area contributed by atoms with Crippen molar-refractivity contribution < 1.29 is 13.2 Å². The van der Waals surface area contributed by atoms with E-state index in [1.807, 2.05) is 44.2 Å². The molecule has 146 valence electrons. The van der Waals surface area contributed by atoms with E-state index in [4.69, 9.17) is 0 Å². The predicted octanol–water partition coefficient (Wildman–Crippen LogP) is 3.74. The standard InChI is InChI=1S/C21H28N2O3S/c1-4-6-14-23(5-2)21(24)20-15-19(13-12-17(20)3)27(25,26)22-16-18-10-8-7-9-11-18/h7-13,15,22H,4-6,14,16H2,1-3H3. The molecular formula is C21H28N2O3S. The second kappa shape index (κ2) is 9.67. The Hall–Kier alpha value is -2.18. The first-order valence-electron chi connectivity index (χ1n) is 9.32. The normalized spacial score (nSPS) is 11.4. The molecule has 0 radical (unpaired) electrons. The molecule has 0 atom stereocenters. The topological polar surface area (TPSA) is 66.5 Å². The third-order valence-electron chi connectivity index (χ3n) is 4.51. The SMILES string of the molecule is CCCCN(CC)C(=O)c1cc(S(=O)(=O)NCc2ccccc2)ccc1C. The third kappa shape index (κ3) is 5.65. The van der Waals surface area contributed by atoms with Crippen molar-refractivity contribution in [1.82, 2.24) is 9.62 Å². The van der Waals surface area contributed by atoms with Crippen LogP contribution in [0.4, 0.5) is 0 Å². The first kappa shape index (κ1) is 21.1. The van der Waals surface area contributed by atoms with E-state index in [2.05, 4.69) is 11.6 Å². The van der Waals surface area contributed by atoms with Crippen molar-refractivity contribution in [3.8, 4) is 0 Å². The van der Waals surface area contributed by atoms with Gasteiger partial charge in [-0.2, -0.15) is 0 Å². The Balaban J connectivity index is 2.23. The summed E-state index contributed by atoms with van der Waals surface area (Å²) in [6.07, 6.45) is 1.93. The smallest absolute Gasteiger partial charge is 0.254 e. The van der Waals surface area contributed by atoms with Crippen molar-refractivity contribution in [3.05, 3.63) is 65.2 Å². The first-order chi connectivity index (χ1) is 12.9. The Kier molecular flexibility index (Phi) is 7.56. The minimum absolute atomic E-state index is 0.110. The molecule has 0 heterocycles. The highest BCUT2D eigenvalue weighted by atomic mass is 32.2. The summed E-state index contributed by atoms with van der Waals surface area (Å²) >= 11 is 0. The van der Waals surface area contributed by atoms with Crippen molar-refractivity contribution >= 4 is 15.9 Å². The van der Waals surface area contributed by atoms with E-state index in [-0.39, 0.29) is 17.3 Å². The minimum atomic E-state index is -3.70. The molecule has 0 bridgehead atoms. The van der Waals surface area contributed by atoms with Gasteiger partial charge in [-0.1, -0.05) is 49.7 Å². The van der Waals surface area contributed by atoms with Crippen molar-refractivity contribution in [2.45, 2.75) is 45.1 Å². The quantitative estimate of drug-likeness (QED) is 0.712. The average molecular weight is 389 g/mol. The van der Waals surface area contributed by atoms with Gasteiger partial charge in [0.1, 0.15) is 0 Å². The van der Waals surface area contributed by atoms with E-state index in [0.717, 1.165) is 24.0 Å². The lowest BCUT2D eigenvalue weighted by molar-refractivity contribution is 0.0761. The molecule has 0 aromatic heterocycles. The van der Waals surface area contributed by atoms with Gasteiger partial charge in [0.2, 0.25) is 10.0 Å². The van der Waals surface area contributed by atoms with Crippen LogP contribution in [-0.2, 0) is 16.6 Å². The summed E-state index contributed by atoms with van der Waals surface area (Å²) in [4.78, 5) is 14.7. The number of nitrogens with zero attached hydrogens (tertiary/aromatic N) is 1. The van der Waals surface area contributed by atoms with Crippen LogP contribution in [0.15, 0.2) is 53.4 Å². The fourth-order valence-electron chi connectivity index (χ4n) is 2.78. The Labute approximate surface area is 162 Å². The van der Waals surface area contributed by atoms with Crippen LogP contribution in [0.25, 0.3) is 0 Å². The fraction of sp³-hybridized carbons (Fsp3) is 0.381. The minimum Gasteiger partial charge on any atom is -0.339 e. The summed E-state index contributed by atoms with van der Waals surface area (Å²) in [6, 6.07) is 14.1. The van der Waals surface area contributed by atoms with Crippen LogP contribution >= 0.6 is 0 Å². The van der Waals surface area contributed by atoms with Crippen LogP contribution in [0.5, 0.6) is 0 Å². The zero-order chi connectivity index (χ0) is 19.9. The van der Waals surface area contributed by atoms with Gasteiger partial charge in [0.15, 0.2) is 0 Å². The van der Waals surface area contributed by atoms with Crippen molar-refractivity contribution in [2.24, 2.45) is 0 Å². The lowest BCUT2D eigenvalue weighted by atomic mass is 10.1. The summed E-state index contributed by atoms with van der Waals surface area (Å²) in [5, 5.41) is 0. The lowest BCUT2D eigenvalue weighted by Crippen LogP contribution is -2.32. The summed E-state index contributed by atoms with van der Waals surface area (Å²) in [5.41, 5.74) is 2.09. The maximum atomic E-state index is 12.9.